The van der Waals surface area contributed by atoms with Crippen LogP contribution in [0.2, 0.25) is 0 Å². The summed E-state index contributed by atoms with van der Waals surface area (Å²) in [6.07, 6.45) is 8.18. The normalized spacial score (nSPS) is 18.2. The molecule has 1 N–H and O–H groups in total. The minimum Gasteiger partial charge on any atom is -0.497 e. The number of amides is 1. The monoisotopic (exact) mass is 357 g/mol. The summed E-state index contributed by atoms with van der Waals surface area (Å²) in [6.45, 7) is 5.68. The Morgan fingerprint density at radius 1 is 1.31 bits per heavy atom. The summed E-state index contributed by atoms with van der Waals surface area (Å²) in [5.74, 6) is 0.920. The predicted octanol–water partition coefficient (Wildman–Crippen LogP) is 3.42. The second kappa shape index (κ2) is 9.08. The molecule has 0 bridgehead atoms. The number of ether oxygens (including phenoxy) is 1. The largest absolute Gasteiger partial charge is 0.497 e. The molecule has 26 heavy (non-hydrogen) atoms. The van der Waals surface area contributed by atoms with Gasteiger partial charge in [0.2, 0.25) is 5.91 Å². The number of likely N-dealkylation sites (tertiary alicyclic amines) is 1. The third kappa shape index (κ3) is 4.58. The lowest BCUT2D eigenvalue weighted by Gasteiger charge is -2.35. The van der Waals surface area contributed by atoms with E-state index in [0.29, 0.717) is 12.6 Å². The molecule has 1 amide bonds. The molecule has 0 spiro atoms. The lowest BCUT2D eigenvalue weighted by atomic mass is 10.0. The Kier molecular flexibility index (Phi) is 6.56. The van der Waals surface area contributed by atoms with Crippen molar-refractivity contribution >= 4 is 16.8 Å². The molecular weight excluding hydrogens is 326 g/mol. The zero-order valence-electron chi connectivity index (χ0n) is 16.0. The number of unbranched alkanes of at least 4 members (excludes halogenated alkanes) is 1. The number of hydrogen-bond donors (Lipinski definition) is 1. The van der Waals surface area contributed by atoms with E-state index in [1.54, 1.807) is 7.11 Å². The van der Waals surface area contributed by atoms with Crippen molar-refractivity contribution < 1.29 is 9.53 Å². The van der Waals surface area contributed by atoms with Crippen LogP contribution in [0.4, 0.5) is 0 Å². The van der Waals surface area contributed by atoms with Crippen molar-refractivity contribution in [3.05, 3.63) is 30.5 Å². The third-order valence-electron chi connectivity index (χ3n) is 5.37. The van der Waals surface area contributed by atoms with Gasteiger partial charge in [0.1, 0.15) is 12.3 Å². The summed E-state index contributed by atoms with van der Waals surface area (Å²) in [4.78, 5) is 15.0. The maximum Gasteiger partial charge on any atom is 0.239 e. The van der Waals surface area contributed by atoms with Gasteiger partial charge in [0.15, 0.2) is 0 Å². The van der Waals surface area contributed by atoms with Crippen molar-refractivity contribution in [3.8, 4) is 5.75 Å². The van der Waals surface area contributed by atoms with Gasteiger partial charge in [-0.05, 0) is 56.6 Å². The molecule has 1 aliphatic heterocycles. The van der Waals surface area contributed by atoms with Crippen LogP contribution in [0.25, 0.3) is 10.9 Å². The standard InChI is InChI=1S/C21H31N3O2/c1-3-4-11-23-12-6-5-7-18(23)15-22-21(25)16-24-13-10-17-14-19(26-2)8-9-20(17)24/h8-10,13-14,18H,3-7,11-12,15-16H2,1-2H3,(H,22,25). The maximum absolute atomic E-state index is 12.5. The summed E-state index contributed by atoms with van der Waals surface area (Å²) in [6, 6.07) is 8.46. The molecule has 1 aromatic carbocycles. The summed E-state index contributed by atoms with van der Waals surface area (Å²) >= 11 is 0. The Morgan fingerprint density at radius 2 is 2.19 bits per heavy atom. The molecule has 142 valence electrons. The molecule has 1 aliphatic rings. The molecule has 1 saturated heterocycles. The molecule has 3 rings (SSSR count). The molecule has 5 nitrogen and oxygen atoms in total. The average Bonchev–Trinajstić information content (AvgIpc) is 3.07. The van der Waals surface area contributed by atoms with Crippen LogP contribution in [-0.2, 0) is 11.3 Å². The highest BCUT2D eigenvalue weighted by molar-refractivity contribution is 5.84. The number of benzene rings is 1. The number of carbonyl (C=O) groups excluding carboxylic acids is 1. The number of rotatable bonds is 8. The molecule has 1 unspecified atom stereocenters. The van der Waals surface area contributed by atoms with Gasteiger partial charge in [0.05, 0.1) is 7.11 Å². The first-order chi connectivity index (χ1) is 12.7. The first kappa shape index (κ1) is 18.8. The van der Waals surface area contributed by atoms with Crippen LogP contribution in [0.15, 0.2) is 30.5 Å². The average molecular weight is 357 g/mol. The van der Waals surface area contributed by atoms with Gasteiger partial charge in [-0.2, -0.15) is 0 Å². The van der Waals surface area contributed by atoms with Gasteiger partial charge in [0.25, 0.3) is 0 Å². The lowest BCUT2D eigenvalue weighted by molar-refractivity contribution is -0.121. The van der Waals surface area contributed by atoms with Crippen molar-refractivity contribution in [3.63, 3.8) is 0 Å². The van der Waals surface area contributed by atoms with E-state index < -0.39 is 0 Å². The Labute approximate surface area is 156 Å². The fourth-order valence-corrected chi connectivity index (χ4v) is 3.83. The van der Waals surface area contributed by atoms with Gasteiger partial charge >= 0.3 is 0 Å². The van der Waals surface area contributed by atoms with Crippen molar-refractivity contribution in [1.29, 1.82) is 0 Å². The van der Waals surface area contributed by atoms with Crippen molar-refractivity contribution in [1.82, 2.24) is 14.8 Å². The van der Waals surface area contributed by atoms with Gasteiger partial charge in [-0.1, -0.05) is 19.8 Å². The summed E-state index contributed by atoms with van der Waals surface area (Å²) in [5, 5.41) is 4.25. The van der Waals surface area contributed by atoms with E-state index in [1.165, 1.54) is 38.6 Å². The number of methoxy groups -OCH3 is 1. The number of nitrogens with one attached hydrogen (secondary N) is 1. The highest BCUT2D eigenvalue weighted by Crippen LogP contribution is 2.22. The highest BCUT2D eigenvalue weighted by Gasteiger charge is 2.22. The van der Waals surface area contributed by atoms with E-state index in [0.717, 1.165) is 29.7 Å². The van der Waals surface area contributed by atoms with Gasteiger partial charge in [-0.3, -0.25) is 9.69 Å². The van der Waals surface area contributed by atoms with Crippen molar-refractivity contribution in [2.75, 3.05) is 26.7 Å². The van der Waals surface area contributed by atoms with Crippen LogP contribution in [0, 0.1) is 0 Å². The Hall–Kier alpha value is -2.01. The number of aromatic nitrogens is 1. The fourth-order valence-electron chi connectivity index (χ4n) is 3.83. The molecule has 1 aromatic heterocycles. The van der Waals surface area contributed by atoms with E-state index in [2.05, 4.69) is 17.1 Å². The van der Waals surface area contributed by atoms with Gasteiger partial charge in [-0.25, -0.2) is 0 Å². The summed E-state index contributed by atoms with van der Waals surface area (Å²) in [7, 11) is 1.67. The second-order valence-electron chi connectivity index (χ2n) is 7.21. The summed E-state index contributed by atoms with van der Waals surface area (Å²) in [5.41, 5.74) is 1.06. The van der Waals surface area contributed by atoms with Crippen LogP contribution < -0.4 is 10.1 Å². The van der Waals surface area contributed by atoms with Crippen LogP contribution in [0.1, 0.15) is 39.0 Å². The predicted molar refractivity (Wildman–Crippen MR) is 106 cm³/mol. The van der Waals surface area contributed by atoms with Crippen molar-refractivity contribution in [2.45, 2.75) is 51.6 Å². The number of carbonyl (C=O) groups is 1. The first-order valence-corrected chi connectivity index (χ1v) is 9.85. The molecule has 1 fully saturated rings. The van der Waals surface area contributed by atoms with Gasteiger partial charge in [0, 0.05) is 29.7 Å². The highest BCUT2D eigenvalue weighted by atomic mass is 16.5. The maximum atomic E-state index is 12.5. The number of hydrogen-bond acceptors (Lipinski definition) is 3. The summed E-state index contributed by atoms with van der Waals surface area (Å²) < 4.78 is 7.26. The Balaban J connectivity index is 1.55. The molecule has 1 atom stereocenters. The van der Waals surface area contributed by atoms with Gasteiger partial charge < -0.3 is 14.6 Å². The second-order valence-corrected chi connectivity index (χ2v) is 7.21. The van der Waals surface area contributed by atoms with Crippen molar-refractivity contribution in [2.24, 2.45) is 0 Å². The fraction of sp³-hybridized carbons (Fsp3) is 0.571. The third-order valence-corrected chi connectivity index (χ3v) is 5.37. The van der Waals surface area contributed by atoms with Gasteiger partial charge in [-0.15, -0.1) is 0 Å². The quantitative estimate of drug-likeness (QED) is 0.787. The zero-order valence-corrected chi connectivity index (χ0v) is 16.0. The molecule has 0 aliphatic carbocycles. The molecule has 2 aromatic rings. The number of piperidine rings is 1. The molecule has 0 saturated carbocycles. The Morgan fingerprint density at radius 3 is 3.00 bits per heavy atom. The van der Waals surface area contributed by atoms with Crippen LogP contribution >= 0.6 is 0 Å². The number of fused-ring (bicyclic) bond motifs is 1. The van der Waals surface area contributed by atoms with E-state index in [9.17, 15) is 4.79 Å². The minimum absolute atomic E-state index is 0.0827. The Bertz CT molecular complexity index is 725. The van der Waals surface area contributed by atoms with E-state index in [1.807, 2.05) is 35.0 Å². The number of nitrogens with zero attached hydrogens (tertiary/aromatic N) is 2. The smallest absolute Gasteiger partial charge is 0.239 e. The zero-order chi connectivity index (χ0) is 18.4. The molecule has 2 heterocycles. The van der Waals surface area contributed by atoms with Crippen LogP contribution in [-0.4, -0.2) is 48.2 Å². The SMILES string of the molecule is CCCCN1CCCCC1CNC(=O)Cn1ccc2cc(OC)ccc21. The molecule has 0 radical (unpaired) electrons. The first-order valence-electron chi connectivity index (χ1n) is 9.85. The molecular formula is C21H31N3O2. The van der Waals surface area contributed by atoms with Crippen LogP contribution in [0.3, 0.4) is 0 Å². The topological polar surface area (TPSA) is 46.5 Å². The molecule has 5 heteroatoms. The van der Waals surface area contributed by atoms with E-state index in [-0.39, 0.29) is 5.91 Å². The van der Waals surface area contributed by atoms with E-state index in [4.69, 9.17) is 4.74 Å². The minimum atomic E-state index is 0.0827. The van der Waals surface area contributed by atoms with E-state index >= 15 is 0 Å². The lowest BCUT2D eigenvalue weighted by Crippen LogP contribution is -2.47. The van der Waals surface area contributed by atoms with Crippen LogP contribution in [0.5, 0.6) is 5.75 Å².